The van der Waals surface area contributed by atoms with Crippen LogP contribution in [0.25, 0.3) is 0 Å². The van der Waals surface area contributed by atoms with Crippen molar-refractivity contribution in [2.24, 2.45) is 0 Å². The van der Waals surface area contributed by atoms with Gasteiger partial charge in [-0.25, -0.2) is 0 Å². The van der Waals surface area contributed by atoms with Crippen molar-refractivity contribution in [2.75, 3.05) is 31.7 Å². The number of benzene rings is 2. The molecule has 0 aromatic heterocycles. The largest absolute Gasteiger partial charge is 0.491 e. The highest BCUT2D eigenvalue weighted by Crippen LogP contribution is 2.32. The van der Waals surface area contributed by atoms with Crippen molar-refractivity contribution in [3.63, 3.8) is 0 Å². The predicted molar refractivity (Wildman–Crippen MR) is 101 cm³/mol. The molecule has 142 valence electrons. The molecule has 2 aromatic carbocycles. The summed E-state index contributed by atoms with van der Waals surface area (Å²) in [6, 6.07) is 12.5. The Hall–Kier alpha value is -2.73. The van der Waals surface area contributed by atoms with Gasteiger partial charge in [0.15, 0.2) is 11.5 Å². The molecule has 0 aliphatic carbocycles. The van der Waals surface area contributed by atoms with Crippen LogP contribution in [0.3, 0.4) is 0 Å². The Morgan fingerprint density at radius 3 is 2.59 bits per heavy atom. The van der Waals surface area contributed by atoms with Gasteiger partial charge < -0.3 is 24.3 Å². The molecule has 6 heteroatoms. The lowest BCUT2D eigenvalue weighted by Gasteiger charge is -2.12. The van der Waals surface area contributed by atoms with Crippen LogP contribution in [0.1, 0.15) is 29.6 Å². The minimum absolute atomic E-state index is 0.174. The highest BCUT2D eigenvalue weighted by Gasteiger charge is 2.16. The number of hydrogen-bond donors (Lipinski definition) is 1. The molecule has 0 saturated carbocycles. The lowest BCUT2D eigenvalue weighted by Crippen LogP contribution is -2.16. The van der Waals surface area contributed by atoms with Crippen molar-refractivity contribution in [2.45, 2.75) is 25.4 Å². The lowest BCUT2D eigenvalue weighted by atomic mass is 10.2. The van der Waals surface area contributed by atoms with Gasteiger partial charge in [-0.15, -0.1) is 0 Å². The SMILES string of the molecule is O=C(Nc1ccc2c(c1)OCCCO2)c1ccc(OC[C@H]2CCCO2)cc1. The van der Waals surface area contributed by atoms with Gasteiger partial charge in [0.2, 0.25) is 0 Å². The van der Waals surface area contributed by atoms with Gasteiger partial charge in [-0.05, 0) is 49.2 Å². The average Bonchev–Trinajstić information content (AvgIpc) is 3.11. The van der Waals surface area contributed by atoms with Crippen LogP contribution in [0, 0.1) is 0 Å². The molecule has 1 N–H and O–H groups in total. The fourth-order valence-electron chi connectivity index (χ4n) is 3.11. The molecule has 1 saturated heterocycles. The van der Waals surface area contributed by atoms with Crippen molar-refractivity contribution in [1.82, 2.24) is 0 Å². The van der Waals surface area contributed by atoms with Crippen molar-refractivity contribution in [3.8, 4) is 17.2 Å². The molecule has 6 nitrogen and oxygen atoms in total. The molecule has 0 spiro atoms. The van der Waals surface area contributed by atoms with Crippen molar-refractivity contribution < 1.29 is 23.7 Å². The minimum Gasteiger partial charge on any atom is -0.491 e. The van der Waals surface area contributed by atoms with E-state index in [1.807, 2.05) is 12.1 Å². The topological polar surface area (TPSA) is 66.0 Å². The summed E-state index contributed by atoms with van der Waals surface area (Å²) in [5.41, 5.74) is 1.23. The Bertz CT molecular complexity index is 784. The standard InChI is InChI=1S/C21H23NO5/c23-21(22-16-6-9-19-20(13-16)26-12-2-11-25-19)15-4-7-17(8-5-15)27-14-18-3-1-10-24-18/h4-9,13,18H,1-3,10-12,14H2,(H,22,23)/t18-/m1/s1. The molecule has 2 aliphatic heterocycles. The van der Waals surface area contributed by atoms with E-state index >= 15 is 0 Å². The molecular formula is C21H23NO5. The zero-order chi connectivity index (χ0) is 18.5. The fourth-order valence-corrected chi connectivity index (χ4v) is 3.11. The fraction of sp³-hybridized carbons (Fsp3) is 0.381. The number of rotatable bonds is 5. The van der Waals surface area contributed by atoms with Gasteiger partial charge in [0, 0.05) is 30.3 Å². The van der Waals surface area contributed by atoms with Crippen LogP contribution >= 0.6 is 0 Å². The maximum Gasteiger partial charge on any atom is 0.255 e. The molecular weight excluding hydrogens is 346 g/mol. The number of ether oxygens (including phenoxy) is 4. The quantitative estimate of drug-likeness (QED) is 0.871. The number of nitrogens with one attached hydrogen (secondary N) is 1. The molecule has 0 unspecified atom stereocenters. The second-order valence-electron chi connectivity index (χ2n) is 6.64. The van der Waals surface area contributed by atoms with Crippen LogP contribution in [0.15, 0.2) is 42.5 Å². The van der Waals surface area contributed by atoms with Crippen LogP contribution in [0.2, 0.25) is 0 Å². The molecule has 4 rings (SSSR count). The number of fused-ring (bicyclic) bond motifs is 1. The Balaban J connectivity index is 1.35. The summed E-state index contributed by atoms with van der Waals surface area (Å²) < 4.78 is 22.5. The molecule has 0 bridgehead atoms. The number of amides is 1. The van der Waals surface area contributed by atoms with Crippen LogP contribution in [0.4, 0.5) is 5.69 Å². The zero-order valence-electron chi connectivity index (χ0n) is 15.1. The van der Waals surface area contributed by atoms with E-state index in [1.54, 1.807) is 30.3 Å². The molecule has 1 atom stereocenters. The first-order valence-electron chi connectivity index (χ1n) is 9.33. The van der Waals surface area contributed by atoms with Crippen LogP contribution in [0.5, 0.6) is 17.2 Å². The molecule has 1 amide bonds. The van der Waals surface area contributed by atoms with Gasteiger partial charge in [-0.1, -0.05) is 0 Å². The van der Waals surface area contributed by atoms with Crippen LogP contribution < -0.4 is 19.5 Å². The summed E-state index contributed by atoms with van der Waals surface area (Å²) in [4.78, 5) is 12.5. The molecule has 1 fully saturated rings. The van der Waals surface area contributed by atoms with Gasteiger partial charge in [0.05, 0.1) is 19.3 Å². The third-order valence-corrected chi connectivity index (χ3v) is 4.58. The molecule has 2 aliphatic rings. The maximum atomic E-state index is 12.5. The normalized spacial score (nSPS) is 18.6. The van der Waals surface area contributed by atoms with Crippen molar-refractivity contribution >= 4 is 11.6 Å². The first-order valence-corrected chi connectivity index (χ1v) is 9.33. The first-order chi connectivity index (χ1) is 13.3. The van der Waals surface area contributed by atoms with E-state index in [-0.39, 0.29) is 12.0 Å². The lowest BCUT2D eigenvalue weighted by molar-refractivity contribution is 0.0679. The van der Waals surface area contributed by atoms with Crippen LogP contribution in [-0.2, 0) is 4.74 Å². The molecule has 2 heterocycles. The Kier molecular flexibility index (Phi) is 5.44. The monoisotopic (exact) mass is 369 g/mol. The Labute approximate surface area is 158 Å². The molecule has 0 radical (unpaired) electrons. The zero-order valence-corrected chi connectivity index (χ0v) is 15.1. The van der Waals surface area contributed by atoms with E-state index in [2.05, 4.69) is 5.32 Å². The smallest absolute Gasteiger partial charge is 0.255 e. The van der Waals surface area contributed by atoms with Gasteiger partial charge in [-0.3, -0.25) is 4.79 Å². The summed E-state index contributed by atoms with van der Waals surface area (Å²) in [6.07, 6.45) is 3.15. The van der Waals surface area contributed by atoms with E-state index in [9.17, 15) is 4.79 Å². The summed E-state index contributed by atoms with van der Waals surface area (Å²) >= 11 is 0. The maximum absolute atomic E-state index is 12.5. The van der Waals surface area contributed by atoms with Crippen molar-refractivity contribution in [1.29, 1.82) is 0 Å². The summed E-state index contributed by atoms with van der Waals surface area (Å²) in [5.74, 6) is 1.91. The predicted octanol–water partition coefficient (Wildman–Crippen LogP) is 3.66. The van der Waals surface area contributed by atoms with Gasteiger partial charge in [-0.2, -0.15) is 0 Å². The number of carbonyl (C=O) groups is 1. The third kappa shape index (κ3) is 4.52. The summed E-state index contributed by atoms with van der Waals surface area (Å²) in [5, 5.41) is 2.89. The summed E-state index contributed by atoms with van der Waals surface area (Å²) in [6.45, 7) is 2.60. The first kappa shape index (κ1) is 17.7. The number of hydrogen-bond acceptors (Lipinski definition) is 5. The minimum atomic E-state index is -0.185. The number of anilines is 1. The molecule has 2 aromatic rings. The van der Waals surface area contributed by atoms with E-state index in [1.165, 1.54) is 0 Å². The Morgan fingerprint density at radius 2 is 1.81 bits per heavy atom. The van der Waals surface area contributed by atoms with E-state index in [4.69, 9.17) is 18.9 Å². The third-order valence-electron chi connectivity index (χ3n) is 4.58. The average molecular weight is 369 g/mol. The van der Waals surface area contributed by atoms with Crippen molar-refractivity contribution in [3.05, 3.63) is 48.0 Å². The van der Waals surface area contributed by atoms with Gasteiger partial charge >= 0.3 is 0 Å². The second kappa shape index (κ2) is 8.31. The second-order valence-corrected chi connectivity index (χ2v) is 6.64. The van der Waals surface area contributed by atoms with E-state index in [0.29, 0.717) is 42.6 Å². The highest BCUT2D eigenvalue weighted by atomic mass is 16.5. The van der Waals surface area contributed by atoms with E-state index in [0.717, 1.165) is 31.6 Å². The van der Waals surface area contributed by atoms with Crippen LogP contribution in [-0.4, -0.2) is 38.4 Å². The van der Waals surface area contributed by atoms with Gasteiger partial charge in [0.1, 0.15) is 12.4 Å². The highest BCUT2D eigenvalue weighted by molar-refractivity contribution is 6.04. The Morgan fingerprint density at radius 1 is 1.00 bits per heavy atom. The number of carbonyl (C=O) groups excluding carboxylic acids is 1. The van der Waals surface area contributed by atoms with Gasteiger partial charge in [0.25, 0.3) is 5.91 Å². The van der Waals surface area contributed by atoms with E-state index < -0.39 is 0 Å². The molecule has 27 heavy (non-hydrogen) atoms. The summed E-state index contributed by atoms with van der Waals surface area (Å²) in [7, 11) is 0.